The molecule has 0 saturated carbocycles. The lowest BCUT2D eigenvalue weighted by Crippen LogP contribution is -2.39. The smallest absolute Gasteiger partial charge is 0.186 e. The van der Waals surface area contributed by atoms with Crippen molar-refractivity contribution in [2.24, 2.45) is 5.10 Å². The van der Waals surface area contributed by atoms with Gasteiger partial charge in [0.05, 0.1) is 31.1 Å². The summed E-state index contributed by atoms with van der Waals surface area (Å²) >= 11 is 5.17. The van der Waals surface area contributed by atoms with E-state index in [1.807, 2.05) is 12.1 Å². The van der Waals surface area contributed by atoms with Crippen LogP contribution in [0.2, 0.25) is 0 Å². The molecule has 0 unspecified atom stereocenters. The van der Waals surface area contributed by atoms with Gasteiger partial charge in [0.1, 0.15) is 0 Å². The van der Waals surface area contributed by atoms with E-state index in [1.165, 1.54) is 0 Å². The Morgan fingerprint density at radius 1 is 1.35 bits per heavy atom. The lowest BCUT2D eigenvalue weighted by atomic mass is 10.2. The maximum atomic E-state index is 8.73. The Bertz CT molecular complexity index is 561. The summed E-state index contributed by atoms with van der Waals surface area (Å²) in [5.74, 6) is 0. The first-order valence-electron chi connectivity index (χ1n) is 7.65. The molecule has 7 heteroatoms. The molecular formula is C16H21N5OS. The predicted molar refractivity (Wildman–Crippen MR) is 94.4 cm³/mol. The Morgan fingerprint density at radius 2 is 2.09 bits per heavy atom. The van der Waals surface area contributed by atoms with Crippen LogP contribution in [0.15, 0.2) is 29.4 Å². The monoisotopic (exact) mass is 331 g/mol. The third-order valence-electron chi connectivity index (χ3n) is 3.46. The Kier molecular flexibility index (Phi) is 7.46. The van der Waals surface area contributed by atoms with E-state index in [1.54, 1.807) is 18.3 Å². The quantitative estimate of drug-likeness (QED) is 0.352. The van der Waals surface area contributed by atoms with E-state index in [2.05, 4.69) is 26.8 Å². The van der Waals surface area contributed by atoms with Gasteiger partial charge in [-0.1, -0.05) is 12.1 Å². The van der Waals surface area contributed by atoms with Crippen molar-refractivity contribution in [3.05, 3.63) is 35.4 Å². The van der Waals surface area contributed by atoms with Crippen LogP contribution < -0.4 is 10.7 Å². The molecule has 1 aromatic carbocycles. The van der Waals surface area contributed by atoms with Gasteiger partial charge in [-0.15, -0.1) is 0 Å². The summed E-state index contributed by atoms with van der Waals surface area (Å²) in [6.07, 6.45) is 2.70. The molecule has 1 aliphatic heterocycles. The second-order valence-electron chi connectivity index (χ2n) is 5.17. The summed E-state index contributed by atoms with van der Waals surface area (Å²) in [5, 5.41) is 16.5. The van der Waals surface area contributed by atoms with E-state index in [0.717, 1.165) is 51.4 Å². The fourth-order valence-electron chi connectivity index (χ4n) is 2.18. The number of thiocarbonyl (C=S) groups is 1. The summed E-state index contributed by atoms with van der Waals surface area (Å²) in [6, 6.07) is 9.26. The van der Waals surface area contributed by atoms with Gasteiger partial charge in [0, 0.05) is 19.6 Å². The average molecular weight is 331 g/mol. The SMILES string of the molecule is N#Cc1ccc(/C=N\NC(=S)NCCCN2CCOCC2)cc1. The number of nitrogens with one attached hydrogen (secondary N) is 2. The van der Waals surface area contributed by atoms with Gasteiger partial charge in [0.15, 0.2) is 5.11 Å². The van der Waals surface area contributed by atoms with E-state index < -0.39 is 0 Å². The molecule has 2 rings (SSSR count). The molecule has 23 heavy (non-hydrogen) atoms. The van der Waals surface area contributed by atoms with Gasteiger partial charge in [-0.25, -0.2) is 0 Å². The number of nitrogens with zero attached hydrogens (tertiary/aromatic N) is 3. The molecule has 6 nitrogen and oxygen atoms in total. The zero-order chi connectivity index (χ0) is 16.3. The zero-order valence-electron chi connectivity index (χ0n) is 13.0. The Hall–Kier alpha value is -2.01. The summed E-state index contributed by atoms with van der Waals surface area (Å²) in [7, 11) is 0. The van der Waals surface area contributed by atoms with Crippen LogP contribution in [0, 0.1) is 11.3 Å². The molecular weight excluding hydrogens is 310 g/mol. The van der Waals surface area contributed by atoms with Gasteiger partial charge in [0.2, 0.25) is 0 Å². The molecule has 1 fully saturated rings. The number of hydrogen-bond acceptors (Lipinski definition) is 5. The molecule has 0 bridgehead atoms. The topological polar surface area (TPSA) is 72.7 Å². The normalized spacial score (nSPS) is 15.3. The van der Waals surface area contributed by atoms with Crippen LogP contribution in [0.3, 0.4) is 0 Å². The van der Waals surface area contributed by atoms with Crippen molar-refractivity contribution >= 4 is 23.5 Å². The van der Waals surface area contributed by atoms with Crippen LogP contribution in [-0.2, 0) is 4.74 Å². The molecule has 0 aliphatic carbocycles. The maximum absolute atomic E-state index is 8.73. The van der Waals surface area contributed by atoms with Crippen molar-refractivity contribution in [2.45, 2.75) is 6.42 Å². The summed E-state index contributed by atoms with van der Waals surface area (Å²) in [4.78, 5) is 2.39. The summed E-state index contributed by atoms with van der Waals surface area (Å²) < 4.78 is 5.32. The standard InChI is InChI=1S/C16H21N5OS/c17-12-14-2-4-15(5-3-14)13-19-20-16(23)18-6-1-7-21-8-10-22-11-9-21/h2-5,13H,1,6-11H2,(H2,18,20,23)/b19-13-. The molecule has 2 N–H and O–H groups in total. The van der Waals surface area contributed by atoms with Gasteiger partial charge in [-0.05, 0) is 42.9 Å². The van der Waals surface area contributed by atoms with Crippen LogP contribution in [0.4, 0.5) is 0 Å². The van der Waals surface area contributed by atoms with Gasteiger partial charge < -0.3 is 10.1 Å². The number of benzene rings is 1. The number of nitriles is 1. The first-order chi connectivity index (χ1) is 11.3. The lowest BCUT2D eigenvalue weighted by molar-refractivity contribution is 0.0376. The van der Waals surface area contributed by atoms with Crippen molar-refractivity contribution in [3.8, 4) is 6.07 Å². The van der Waals surface area contributed by atoms with Gasteiger partial charge >= 0.3 is 0 Å². The predicted octanol–water partition coefficient (Wildman–Crippen LogP) is 1.08. The van der Waals surface area contributed by atoms with Crippen LogP contribution in [0.5, 0.6) is 0 Å². The first kappa shape index (κ1) is 17.3. The summed E-state index contributed by atoms with van der Waals surface area (Å²) in [5.41, 5.74) is 4.33. The van der Waals surface area contributed by atoms with Crippen molar-refractivity contribution in [2.75, 3.05) is 39.4 Å². The minimum atomic E-state index is 0.511. The van der Waals surface area contributed by atoms with Crippen molar-refractivity contribution in [1.29, 1.82) is 5.26 Å². The maximum Gasteiger partial charge on any atom is 0.186 e. The van der Waals surface area contributed by atoms with Crippen LogP contribution in [-0.4, -0.2) is 55.6 Å². The number of ether oxygens (including phenoxy) is 1. The highest BCUT2D eigenvalue weighted by molar-refractivity contribution is 7.80. The van der Waals surface area contributed by atoms with E-state index >= 15 is 0 Å². The Balaban J connectivity index is 1.58. The second kappa shape index (κ2) is 9.90. The molecule has 0 amide bonds. The largest absolute Gasteiger partial charge is 0.379 e. The van der Waals surface area contributed by atoms with E-state index in [4.69, 9.17) is 22.2 Å². The van der Waals surface area contributed by atoms with E-state index in [-0.39, 0.29) is 0 Å². The number of rotatable bonds is 6. The van der Waals surface area contributed by atoms with E-state index in [0.29, 0.717) is 10.7 Å². The molecule has 0 spiro atoms. The van der Waals surface area contributed by atoms with Crippen LogP contribution in [0.1, 0.15) is 17.5 Å². The third-order valence-corrected chi connectivity index (χ3v) is 3.70. The van der Waals surface area contributed by atoms with Crippen molar-refractivity contribution in [1.82, 2.24) is 15.6 Å². The highest BCUT2D eigenvalue weighted by Crippen LogP contribution is 2.00. The molecule has 1 aliphatic rings. The molecule has 122 valence electrons. The van der Waals surface area contributed by atoms with Crippen LogP contribution >= 0.6 is 12.2 Å². The van der Waals surface area contributed by atoms with Gasteiger partial charge in [-0.2, -0.15) is 10.4 Å². The first-order valence-corrected chi connectivity index (χ1v) is 8.06. The molecule has 1 aromatic rings. The minimum Gasteiger partial charge on any atom is -0.379 e. The molecule has 0 aromatic heterocycles. The second-order valence-corrected chi connectivity index (χ2v) is 5.58. The highest BCUT2D eigenvalue weighted by atomic mass is 32.1. The lowest BCUT2D eigenvalue weighted by Gasteiger charge is -2.26. The highest BCUT2D eigenvalue weighted by Gasteiger charge is 2.08. The zero-order valence-corrected chi connectivity index (χ0v) is 13.8. The number of morpholine rings is 1. The molecule has 1 heterocycles. The minimum absolute atomic E-state index is 0.511. The van der Waals surface area contributed by atoms with Gasteiger partial charge in [0.25, 0.3) is 0 Å². The van der Waals surface area contributed by atoms with Crippen LogP contribution in [0.25, 0.3) is 0 Å². The Labute approximate surface area is 142 Å². The molecule has 1 saturated heterocycles. The third kappa shape index (κ3) is 6.74. The average Bonchev–Trinajstić information content (AvgIpc) is 2.60. The molecule has 0 atom stereocenters. The van der Waals surface area contributed by atoms with Crippen molar-refractivity contribution in [3.63, 3.8) is 0 Å². The fourth-order valence-corrected chi connectivity index (χ4v) is 2.33. The number of hydrogen-bond donors (Lipinski definition) is 2. The van der Waals surface area contributed by atoms with E-state index in [9.17, 15) is 0 Å². The molecule has 0 radical (unpaired) electrons. The number of hydrazone groups is 1. The fraction of sp³-hybridized carbons (Fsp3) is 0.438. The Morgan fingerprint density at radius 3 is 2.78 bits per heavy atom. The van der Waals surface area contributed by atoms with Gasteiger partial charge in [-0.3, -0.25) is 10.3 Å². The summed E-state index contributed by atoms with van der Waals surface area (Å²) in [6.45, 7) is 5.55. The van der Waals surface area contributed by atoms with Crippen molar-refractivity contribution < 1.29 is 4.74 Å².